The van der Waals surface area contributed by atoms with Gasteiger partial charge in [0.15, 0.2) is 0 Å². The lowest BCUT2D eigenvalue weighted by atomic mass is 9.89. The molecule has 0 spiro atoms. The average molecular weight is 202 g/mol. The lowest BCUT2D eigenvalue weighted by Crippen LogP contribution is -1.97. The molecule has 82 valence electrons. The van der Waals surface area contributed by atoms with Crippen molar-refractivity contribution in [1.82, 2.24) is 0 Å². The topological polar surface area (TPSA) is 0 Å². The summed E-state index contributed by atoms with van der Waals surface area (Å²) in [5.41, 5.74) is 4.56. The maximum absolute atomic E-state index is 4.16. The van der Waals surface area contributed by atoms with Gasteiger partial charge in [-0.2, -0.15) is 0 Å². The third-order valence-electron chi connectivity index (χ3n) is 3.64. The summed E-state index contributed by atoms with van der Waals surface area (Å²) in [7, 11) is 0. The van der Waals surface area contributed by atoms with Crippen molar-refractivity contribution in [3.05, 3.63) is 35.5 Å². The molecule has 0 amide bonds. The molecule has 0 saturated heterocycles. The van der Waals surface area contributed by atoms with Gasteiger partial charge in [-0.25, -0.2) is 0 Å². The molecule has 0 N–H and O–H groups in total. The standard InChI is InChI=1S/C15H22/c1-13-7-5-6-10-15(13)12-11-14-8-3-2-4-9-14/h11-12H,1-10H2. The maximum atomic E-state index is 4.16. The first-order chi connectivity index (χ1) is 7.36. The molecular weight excluding hydrogens is 180 g/mol. The SMILES string of the molecule is C=C1CCCCC1=CC=C1CCCCC1. The van der Waals surface area contributed by atoms with E-state index in [4.69, 9.17) is 0 Å². The van der Waals surface area contributed by atoms with Crippen LogP contribution in [-0.2, 0) is 0 Å². The molecule has 0 atom stereocenters. The van der Waals surface area contributed by atoms with E-state index < -0.39 is 0 Å². The highest BCUT2D eigenvalue weighted by molar-refractivity contribution is 5.34. The Morgan fingerprint density at radius 3 is 2.13 bits per heavy atom. The highest BCUT2D eigenvalue weighted by atomic mass is 14.1. The highest BCUT2D eigenvalue weighted by Crippen LogP contribution is 2.28. The number of hydrogen-bond acceptors (Lipinski definition) is 0. The van der Waals surface area contributed by atoms with Gasteiger partial charge in [0.25, 0.3) is 0 Å². The van der Waals surface area contributed by atoms with Crippen LogP contribution in [0.5, 0.6) is 0 Å². The first kappa shape index (κ1) is 10.7. The van der Waals surface area contributed by atoms with Crippen molar-refractivity contribution < 1.29 is 0 Å². The minimum atomic E-state index is 1.22. The van der Waals surface area contributed by atoms with Gasteiger partial charge in [-0.1, -0.05) is 36.3 Å². The molecule has 0 radical (unpaired) electrons. The summed E-state index contributed by atoms with van der Waals surface area (Å²) < 4.78 is 0. The molecule has 0 aliphatic heterocycles. The molecule has 2 fully saturated rings. The molecule has 2 saturated carbocycles. The van der Waals surface area contributed by atoms with E-state index in [1.165, 1.54) is 68.9 Å². The summed E-state index contributed by atoms with van der Waals surface area (Å²) in [6.07, 6.45) is 16.8. The molecule has 0 bridgehead atoms. The molecule has 0 nitrogen and oxygen atoms in total. The fourth-order valence-electron chi connectivity index (χ4n) is 2.58. The van der Waals surface area contributed by atoms with Crippen molar-refractivity contribution in [2.24, 2.45) is 0 Å². The zero-order valence-electron chi connectivity index (χ0n) is 9.73. The van der Waals surface area contributed by atoms with Gasteiger partial charge in [0, 0.05) is 0 Å². The van der Waals surface area contributed by atoms with Gasteiger partial charge < -0.3 is 0 Å². The average Bonchev–Trinajstić information content (AvgIpc) is 2.29. The Balaban J connectivity index is 1.98. The molecule has 0 aromatic rings. The van der Waals surface area contributed by atoms with Crippen LogP contribution >= 0.6 is 0 Å². The van der Waals surface area contributed by atoms with E-state index in [1.807, 2.05) is 0 Å². The third kappa shape index (κ3) is 3.09. The second kappa shape index (κ2) is 5.34. The quantitative estimate of drug-likeness (QED) is 0.565. The fraction of sp³-hybridized carbons (Fsp3) is 0.600. The Kier molecular flexibility index (Phi) is 3.82. The maximum Gasteiger partial charge on any atom is -0.0276 e. The minimum Gasteiger partial charge on any atom is -0.0956 e. The fourth-order valence-corrected chi connectivity index (χ4v) is 2.58. The first-order valence-corrected chi connectivity index (χ1v) is 6.43. The normalized spacial score (nSPS) is 25.7. The summed E-state index contributed by atoms with van der Waals surface area (Å²) in [6.45, 7) is 4.16. The van der Waals surface area contributed by atoms with Gasteiger partial charge in [0.2, 0.25) is 0 Å². The second-order valence-corrected chi connectivity index (χ2v) is 4.89. The Morgan fingerprint density at radius 2 is 1.40 bits per heavy atom. The van der Waals surface area contributed by atoms with Crippen LogP contribution in [0.2, 0.25) is 0 Å². The summed E-state index contributed by atoms with van der Waals surface area (Å²) in [5, 5.41) is 0. The van der Waals surface area contributed by atoms with Gasteiger partial charge in [-0.05, 0) is 56.9 Å². The largest absolute Gasteiger partial charge is 0.0956 e. The van der Waals surface area contributed by atoms with Crippen molar-refractivity contribution >= 4 is 0 Å². The van der Waals surface area contributed by atoms with Gasteiger partial charge in [0.1, 0.15) is 0 Å². The van der Waals surface area contributed by atoms with Crippen LogP contribution in [0.15, 0.2) is 35.5 Å². The molecular formula is C15H22. The van der Waals surface area contributed by atoms with Crippen LogP contribution in [0.3, 0.4) is 0 Å². The lowest BCUT2D eigenvalue weighted by Gasteiger charge is -2.17. The van der Waals surface area contributed by atoms with E-state index in [9.17, 15) is 0 Å². The molecule has 0 heterocycles. The summed E-state index contributed by atoms with van der Waals surface area (Å²) in [6, 6.07) is 0. The number of allylic oxidation sites excluding steroid dienone is 5. The van der Waals surface area contributed by atoms with Crippen molar-refractivity contribution in [3.8, 4) is 0 Å². The third-order valence-corrected chi connectivity index (χ3v) is 3.64. The van der Waals surface area contributed by atoms with Gasteiger partial charge in [-0.15, -0.1) is 0 Å². The molecule has 2 rings (SSSR count). The second-order valence-electron chi connectivity index (χ2n) is 4.89. The van der Waals surface area contributed by atoms with Crippen molar-refractivity contribution in [3.63, 3.8) is 0 Å². The smallest absolute Gasteiger partial charge is 0.0276 e. The van der Waals surface area contributed by atoms with Crippen LogP contribution in [0, 0.1) is 0 Å². The number of hydrogen-bond donors (Lipinski definition) is 0. The number of rotatable bonds is 1. The van der Waals surface area contributed by atoms with Crippen molar-refractivity contribution in [2.75, 3.05) is 0 Å². The van der Waals surface area contributed by atoms with Crippen LogP contribution in [0.4, 0.5) is 0 Å². The monoisotopic (exact) mass is 202 g/mol. The molecule has 0 heteroatoms. The van der Waals surface area contributed by atoms with E-state index >= 15 is 0 Å². The summed E-state index contributed by atoms with van der Waals surface area (Å²) in [4.78, 5) is 0. The zero-order chi connectivity index (χ0) is 10.5. The van der Waals surface area contributed by atoms with E-state index in [0.29, 0.717) is 0 Å². The molecule has 0 aromatic heterocycles. The highest BCUT2D eigenvalue weighted by Gasteiger charge is 2.09. The molecule has 15 heavy (non-hydrogen) atoms. The van der Waals surface area contributed by atoms with E-state index in [2.05, 4.69) is 18.7 Å². The van der Waals surface area contributed by atoms with Gasteiger partial charge >= 0.3 is 0 Å². The van der Waals surface area contributed by atoms with Crippen molar-refractivity contribution in [1.29, 1.82) is 0 Å². The predicted octanol–water partition coefficient (Wildman–Crippen LogP) is 4.93. The Labute approximate surface area is 93.8 Å². The first-order valence-electron chi connectivity index (χ1n) is 6.43. The van der Waals surface area contributed by atoms with Gasteiger partial charge in [-0.3, -0.25) is 0 Å². The molecule has 2 aliphatic carbocycles. The predicted molar refractivity (Wildman–Crippen MR) is 66.9 cm³/mol. The van der Waals surface area contributed by atoms with E-state index in [-0.39, 0.29) is 0 Å². The van der Waals surface area contributed by atoms with Gasteiger partial charge in [0.05, 0.1) is 0 Å². The minimum absolute atomic E-state index is 1.22. The summed E-state index contributed by atoms with van der Waals surface area (Å²) >= 11 is 0. The van der Waals surface area contributed by atoms with Crippen molar-refractivity contribution in [2.45, 2.75) is 57.8 Å². The van der Waals surface area contributed by atoms with Crippen LogP contribution in [0.25, 0.3) is 0 Å². The summed E-state index contributed by atoms with van der Waals surface area (Å²) in [5.74, 6) is 0. The lowest BCUT2D eigenvalue weighted by molar-refractivity contribution is 0.599. The van der Waals surface area contributed by atoms with E-state index in [0.717, 1.165) is 0 Å². The molecule has 2 aliphatic rings. The molecule has 0 aromatic carbocycles. The zero-order valence-corrected chi connectivity index (χ0v) is 9.73. The van der Waals surface area contributed by atoms with Crippen LogP contribution < -0.4 is 0 Å². The Bertz CT molecular complexity index is 283. The molecule has 0 unspecified atom stereocenters. The van der Waals surface area contributed by atoms with E-state index in [1.54, 1.807) is 5.57 Å². The Morgan fingerprint density at radius 1 is 0.733 bits per heavy atom. The Hall–Kier alpha value is -0.780. The van der Waals surface area contributed by atoms with Crippen LogP contribution in [-0.4, -0.2) is 0 Å². The van der Waals surface area contributed by atoms with Crippen LogP contribution in [0.1, 0.15) is 57.8 Å².